The highest BCUT2D eigenvalue weighted by atomic mass is 32.2. The van der Waals surface area contributed by atoms with Crippen LogP contribution in [0.2, 0.25) is 0 Å². The summed E-state index contributed by atoms with van der Waals surface area (Å²) in [5.74, 6) is 1.65. The zero-order chi connectivity index (χ0) is 21.0. The Balaban J connectivity index is 1.65. The van der Waals surface area contributed by atoms with Gasteiger partial charge in [0.2, 0.25) is 5.89 Å². The van der Waals surface area contributed by atoms with E-state index in [0.29, 0.717) is 28.2 Å². The summed E-state index contributed by atoms with van der Waals surface area (Å²) in [6.45, 7) is 6.50. The van der Waals surface area contributed by atoms with Gasteiger partial charge < -0.3 is 13.9 Å². The number of ether oxygens (including phenoxy) is 2. The lowest BCUT2D eigenvalue weighted by molar-refractivity contribution is 0.102. The normalized spacial score (nSPS) is 11.3. The lowest BCUT2D eigenvalue weighted by atomic mass is 9.87. The van der Waals surface area contributed by atoms with Gasteiger partial charge in [0.25, 0.3) is 5.22 Å². The molecule has 6 nitrogen and oxygen atoms in total. The Hall–Kier alpha value is -2.80. The summed E-state index contributed by atoms with van der Waals surface area (Å²) in [6.07, 6.45) is 0. The van der Waals surface area contributed by atoms with Gasteiger partial charge in [0, 0.05) is 11.1 Å². The number of thioether (sulfide) groups is 1. The number of carbonyl (C=O) groups excluding carboxylic acids is 1. The molecule has 0 unspecified atom stereocenters. The molecule has 0 N–H and O–H groups in total. The van der Waals surface area contributed by atoms with Crippen LogP contribution < -0.4 is 9.47 Å². The highest BCUT2D eigenvalue weighted by Gasteiger charge is 2.16. The Morgan fingerprint density at radius 2 is 1.69 bits per heavy atom. The summed E-state index contributed by atoms with van der Waals surface area (Å²) in [5.41, 5.74) is 2.70. The minimum Gasteiger partial charge on any atom is -0.493 e. The summed E-state index contributed by atoms with van der Waals surface area (Å²) in [6, 6.07) is 13.1. The highest BCUT2D eigenvalue weighted by molar-refractivity contribution is 7.99. The zero-order valence-electron chi connectivity index (χ0n) is 17.2. The molecule has 0 amide bonds. The number of rotatable bonds is 7. The first-order valence-electron chi connectivity index (χ1n) is 9.14. The standard InChI is InChI=1S/C22H24N2O4S/c1-22(2,3)16-9-6-14(7-10-16)20-23-24-21(28-20)29-13-17(25)15-8-11-18(26-4)19(12-15)27-5/h6-12H,13H2,1-5H3. The van der Waals surface area contributed by atoms with Crippen molar-refractivity contribution in [3.05, 3.63) is 53.6 Å². The van der Waals surface area contributed by atoms with Crippen LogP contribution in [-0.4, -0.2) is 36.0 Å². The SMILES string of the molecule is COc1ccc(C(=O)CSc2nnc(-c3ccc(C(C)(C)C)cc3)o2)cc1OC. The zero-order valence-corrected chi connectivity index (χ0v) is 18.0. The summed E-state index contributed by atoms with van der Waals surface area (Å²) >= 11 is 1.21. The monoisotopic (exact) mass is 412 g/mol. The quantitative estimate of drug-likeness (QED) is 0.398. The number of hydrogen-bond acceptors (Lipinski definition) is 7. The maximum Gasteiger partial charge on any atom is 0.277 e. The molecule has 1 heterocycles. The molecule has 3 aromatic rings. The van der Waals surface area contributed by atoms with Gasteiger partial charge in [-0.1, -0.05) is 44.7 Å². The van der Waals surface area contributed by atoms with Crippen LogP contribution in [0.1, 0.15) is 36.7 Å². The van der Waals surface area contributed by atoms with E-state index in [9.17, 15) is 4.79 Å². The van der Waals surface area contributed by atoms with Crippen LogP contribution >= 0.6 is 11.8 Å². The van der Waals surface area contributed by atoms with Crippen molar-refractivity contribution in [2.75, 3.05) is 20.0 Å². The molecule has 0 aliphatic carbocycles. The number of benzene rings is 2. The fraction of sp³-hybridized carbons (Fsp3) is 0.318. The first-order chi connectivity index (χ1) is 13.8. The molecule has 0 spiro atoms. The Kier molecular flexibility index (Phi) is 6.27. The van der Waals surface area contributed by atoms with E-state index in [0.717, 1.165) is 5.56 Å². The van der Waals surface area contributed by atoms with Gasteiger partial charge in [-0.2, -0.15) is 0 Å². The van der Waals surface area contributed by atoms with Gasteiger partial charge in [-0.15, -0.1) is 10.2 Å². The third-order valence-corrected chi connectivity index (χ3v) is 5.26. The molecule has 2 aromatic carbocycles. The van der Waals surface area contributed by atoms with Crippen LogP contribution in [0.3, 0.4) is 0 Å². The summed E-state index contributed by atoms with van der Waals surface area (Å²) < 4.78 is 16.1. The topological polar surface area (TPSA) is 74.5 Å². The second kappa shape index (κ2) is 8.69. The molecule has 3 rings (SSSR count). The van der Waals surface area contributed by atoms with E-state index in [-0.39, 0.29) is 17.0 Å². The van der Waals surface area contributed by atoms with E-state index >= 15 is 0 Å². The predicted molar refractivity (Wildman–Crippen MR) is 113 cm³/mol. The van der Waals surface area contributed by atoms with Crippen molar-refractivity contribution in [1.29, 1.82) is 0 Å². The predicted octanol–water partition coefficient (Wildman–Crippen LogP) is 5.03. The Morgan fingerprint density at radius 1 is 1.00 bits per heavy atom. The van der Waals surface area contributed by atoms with Crippen LogP contribution in [0.5, 0.6) is 11.5 Å². The van der Waals surface area contributed by atoms with E-state index in [1.807, 2.05) is 12.1 Å². The van der Waals surface area contributed by atoms with Gasteiger partial charge in [-0.05, 0) is 41.3 Å². The number of aromatic nitrogens is 2. The molecule has 0 atom stereocenters. The van der Waals surface area contributed by atoms with Gasteiger partial charge in [0.05, 0.1) is 20.0 Å². The van der Waals surface area contributed by atoms with E-state index in [1.54, 1.807) is 25.3 Å². The van der Waals surface area contributed by atoms with Crippen molar-refractivity contribution in [2.24, 2.45) is 0 Å². The first-order valence-corrected chi connectivity index (χ1v) is 10.1. The van der Waals surface area contributed by atoms with Gasteiger partial charge in [0.15, 0.2) is 17.3 Å². The Labute approximate surface area is 174 Å². The molecule has 0 aliphatic heterocycles. The van der Waals surface area contributed by atoms with Gasteiger partial charge in [-0.3, -0.25) is 4.79 Å². The molecule has 0 aliphatic rings. The molecule has 0 radical (unpaired) electrons. The Bertz CT molecular complexity index is 991. The number of nitrogens with zero attached hydrogens (tertiary/aromatic N) is 2. The van der Waals surface area contributed by atoms with Crippen molar-refractivity contribution in [2.45, 2.75) is 31.4 Å². The van der Waals surface area contributed by atoms with Crippen molar-refractivity contribution in [3.63, 3.8) is 0 Å². The number of methoxy groups -OCH3 is 2. The molecule has 1 aromatic heterocycles. The molecular weight excluding hydrogens is 388 g/mol. The summed E-state index contributed by atoms with van der Waals surface area (Å²) in [4.78, 5) is 12.5. The minimum absolute atomic E-state index is 0.0646. The van der Waals surface area contributed by atoms with Crippen molar-refractivity contribution < 1.29 is 18.7 Å². The van der Waals surface area contributed by atoms with Crippen LogP contribution in [-0.2, 0) is 5.41 Å². The van der Waals surface area contributed by atoms with Crippen molar-refractivity contribution in [3.8, 4) is 23.0 Å². The van der Waals surface area contributed by atoms with E-state index in [2.05, 4.69) is 43.1 Å². The van der Waals surface area contributed by atoms with Crippen molar-refractivity contribution in [1.82, 2.24) is 10.2 Å². The van der Waals surface area contributed by atoms with E-state index in [4.69, 9.17) is 13.9 Å². The molecule has 7 heteroatoms. The number of carbonyl (C=O) groups is 1. The summed E-state index contributed by atoms with van der Waals surface area (Å²) in [7, 11) is 3.09. The molecule has 0 saturated heterocycles. The van der Waals surface area contributed by atoms with E-state index in [1.165, 1.54) is 24.4 Å². The smallest absolute Gasteiger partial charge is 0.277 e. The fourth-order valence-electron chi connectivity index (χ4n) is 2.72. The third kappa shape index (κ3) is 4.98. The summed E-state index contributed by atoms with van der Waals surface area (Å²) in [5, 5.41) is 8.49. The second-order valence-corrected chi connectivity index (χ2v) is 8.41. The third-order valence-electron chi connectivity index (χ3n) is 4.44. The van der Waals surface area contributed by atoms with Gasteiger partial charge in [0.1, 0.15) is 0 Å². The van der Waals surface area contributed by atoms with Crippen molar-refractivity contribution >= 4 is 17.5 Å². The van der Waals surface area contributed by atoms with Crippen LogP contribution in [0.15, 0.2) is 52.1 Å². The molecule has 0 bridgehead atoms. The molecule has 29 heavy (non-hydrogen) atoms. The Morgan fingerprint density at radius 3 is 2.31 bits per heavy atom. The fourth-order valence-corrected chi connectivity index (χ4v) is 3.38. The lowest BCUT2D eigenvalue weighted by Crippen LogP contribution is -2.10. The second-order valence-electron chi connectivity index (χ2n) is 7.48. The molecular formula is C22H24N2O4S. The minimum atomic E-state index is -0.0646. The van der Waals surface area contributed by atoms with Crippen LogP contribution in [0, 0.1) is 0 Å². The van der Waals surface area contributed by atoms with E-state index < -0.39 is 0 Å². The highest BCUT2D eigenvalue weighted by Crippen LogP contribution is 2.30. The lowest BCUT2D eigenvalue weighted by Gasteiger charge is -2.18. The number of Topliss-reactive ketones (excluding diaryl/α,β-unsaturated/α-hetero) is 1. The maximum absolute atomic E-state index is 12.5. The first kappa shape index (κ1) is 20.9. The maximum atomic E-state index is 12.5. The number of hydrogen-bond donors (Lipinski definition) is 0. The molecule has 0 saturated carbocycles. The largest absolute Gasteiger partial charge is 0.493 e. The van der Waals surface area contributed by atoms with Gasteiger partial charge in [-0.25, -0.2) is 0 Å². The van der Waals surface area contributed by atoms with Crippen LogP contribution in [0.25, 0.3) is 11.5 Å². The molecule has 152 valence electrons. The average Bonchev–Trinajstić information content (AvgIpc) is 3.20. The average molecular weight is 413 g/mol. The number of ketones is 1. The molecule has 0 fully saturated rings. The van der Waals surface area contributed by atoms with Gasteiger partial charge >= 0.3 is 0 Å². The van der Waals surface area contributed by atoms with Crippen LogP contribution in [0.4, 0.5) is 0 Å².